The van der Waals surface area contributed by atoms with Crippen molar-refractivity contribution < 1.29 is 18.8 Å². The molecule has 2 aromatic rings. The van der Waals surface area contributed by atoms with Crippen LogP contribution in [0.2, 0.25) is 0 Å². The van der Waals surface area contributed by atoms with Crippen LogP contribution in [0.3, 0.4) is 0 Å². The van der Waals surface area contributed by atoms with Gasteiger partial charge in [0.15, 0.2) is 5.58 Å². The zero-order valence-corrected chi connectivity index (χ0v) is 10.5. The molecule has 6 heteroatoms. The van der Waals surface area contributed by atoms with Crippen LogP contribution in [0, 0.1) is 0 Å². The van der Waals surface area contributed by atoms with E-state index in [4.69, 9.17) is 14.0 Å². The van der Waals surface area contributed by atoms with Crippen molar-refractivity contribution in [3.05, 3.63) is 24.3 Å². The maximum atomic E-state index is 11.4. The van der Waals surface area contributed by atoms with Gasteiger partial charge in [-0.1, -0.05) is 12.1 Å². The molecule has 19 heavy (non-hydrogen) atoms. The Morgan fingerprint density at radius 3 is 3.16 bits per heavy atom. The molecule has 0 aliphatic carbocycles. The fourth-order valence-corrected chi connectivity index (χ4v) is 2.22. The SMILES string of the molecule is COC(=O)C1C[C@@H](Oc2noc3ccccc23)CN1. The summed E-state index contributed by atoms with van der Waals surface area (Å²) in [4.78, 5) is 11.4. The Hall–Kier alpha value is -2.08. The van der Waals surface area contributed by atoms with Gasteiger partial charge in [0.05, 0.1) is 12.5 Å². The Morgan fingerprint density at radius 2 is 2.32 bits per heavy atom. The smallest absolute Gasteiger partial charge is 0.323 e. The molecule has 1 fully saturated rings. The summed E-state index contributed by atoms with van der Waals surface area (Å²) in [7, 11) is 1.38. The fraction of sp³-hybridized carbons (Fsp3) is 0.385. The molecular weight excluding hydrogens is 248 g/mol. The monoisotopic (exact) mass is 262 g/mol. The summed E-state index contributed by atoms with van der Waals surface area (Å²) in [6, 6.07) is 7.19. The Labute approximate surface area is 109 Å². The normalized spacial score (nSPS) is 22.6. The van der Waals surface area contributed by atoms with Crippen molar-refractivity contribution in [2.45, 2.75) is 18.6 Å². The zero-order valence-electron chi connectivity index (χ0n) is 10.5. The maximum absolute atomic E-state index is 11.4. The van der Waals surface area contributed by atoms with Gasteiger partial charge >= 0.3 is 5.97 Å². The number of nitrogens with one attached hydrogen (secondary N) is 1. The molecule has 1 N–H and O–H groups in total. The van der Waals surface area contributed by atoms with Gasteiger partial charge in [0.2, 0.25) is 0 Å². The van der Waals surface area contributed by atoms with Crippen LogP contribution in [0.25, 0.3) is 11.0 Å². The first-order chi connectivity index (χ1) is 9.28. The molecule has 0 radical (unpaired) electrons. The first-order valence-corrected chi connectivity index (χ1v) is 6.10. The van der Waals surface area contributed by atoms with Gasteiger partial charge in [0.1, 0.15) is 12.1 Å². The Balaban J connectivity index is 1.71. The van der Waals surface area contributed by atoms with Gasteiger partial charge in [-0.2, -0.15) is 0 Å². The third kappa shape index (κ3) is 2.26. The van der Waals surface area contributed by atoms with Crippen LogP contribution < -0.4 is 10.1 Å². The number of hydrogen-bond donors (Lipinski definition) is 1. The molecule has 0 bridgehead atoms. The van der Waals surface area contributed by atoms with Gasteiger partial charge in [-0.05, 0) is 17.3 Å². The van der Waals surface area contributed by atoms with Crippen molar-refractivity contribution in [2.75, 3.05) is 13.7 Å². The third-order valence-corrected chi connectivity index (χ3v) is 3.20. The van der Waals surface area contributed by atoms with Crippen LogP contribution in [0.15, 0.2) is 28.8 Å². The molecule has 1 aliphatic rings. The summed E-state index contributed by atoms with van der Waals surface area (Å²) in [6.07, 6.45) is 0.450. The Kier molecular flexibility index (Phi) is 3.08. The second-order valence-electron chi connectivity index (χ2n) is 4.44. The van der Waals surface area contributed by atoms with E-state index in [1.807, 2.05) is 24.3 Å². The van der Waals surface area contributed by atoms with E-state index in [1.54, 1.807) is 0 Å². The number of rotatable bonds is 3. The summed E-state index contributed by atoms with van der Waals surface area (Å²) in [5.41, 5.74) is 0.688. The van der Waals surface area contributed by atoms with Crippen molar-refractivity contribution >= 4 is 16.9 Å². The lowest BCUT2D eigenvalue weighted by Gasteiger charge is -2.09. The van der Waals surface area contributed by atoms with Crippen LogP contribution in [0.5, 0.6) is 5.88 Å². The maximum Gasteiger partial charge on any atom is 0.323 e. The summed E-state index contributed by atoms with van der Waals surface area (Å²) in [5, 5.41) is 7.80. The van der Waals surface area contributed by atoms with Gasteiger partial charge in [-0.3, -0.25) is 4.79 Å². The number of methoxy groups -OCH3 is 1. The molecule has 100 valence electrons. The van der Waals surface area contributed by atoms with Gasteiger partial charge < -0.3 is 19.3 Å². The molecule has 1 aromatic heterocycles. The number of aromatic nitrogens is 1. The molecule has 1 aromatic carbocycles. The Bertz CT molecular complexity index is 595. The second kappa shape index (κ2) is 4.89. The van der Waals surface area contributed by atoms with E-state index in [0.717, 1.165) is 5.39 Å². The van der Waals surface area contributed by atoms with Crippen LogP contribution >= 0.6 is 0 Å². The van der Waals surface area contributed by atoms with E-state index in [2.05, 4.69) is 10.5 Å². The second-order valence-corrected chi connectivity index (χ2v) is 4.44. The van der Waals surface area contributed by atoms with Crippen LogP contribution in [0.4, 0.5) is 0 Å². The molecule has 0 saturated carbocycles. The quantitative estimate of drug-likeness (QED) is 0.835. The number of carbonyl (C=O) groups excluding carboxylic acids is 1. The molecule has 2 atom stereocenters. The molecular formula is C13H14N2O4. The lowest BCUT2D eigenvalue weighted by molar-refractivity contribution is -0.142. The molecule has 6 nitrogen and oxygen atoms in total. The van der Waals surface area contributed by atoms with Crippen molar-refractivity contribution in [2.24, 2.45) is 0 Å². The average Bonchev–Trinajstić information content (AvgIpc) is 3.06. The summed E-state index contributed by atoms with van der Waals surface area (Å²) in [5.74, 6) is 0.198. The summed E-state index contributed by atoms with van der Waals surface area (Å²) >= 11 is 0. The topological polar surface area (TPSA) is 73.6 Å². The van der Waals surface area contributed by atoms with Gasteiger partial charge in [0, 0.05) is 13.0 Å². The summed E-state index contributed by atoms with van der Waals surface area (Å²) < 4.78 is 15.6. The number of hydrogen-bond acceptors (Lipinski definition) is 6. The van der Waals surface area contributed by atoms with Crippen molar-refractivity contribution in [1.29, 1.82) is 0 Å². The first kappa shape index (κ1) is 12.0. The standard InChI is InChI=1S/C13H14N2O4/c1-17-13(16)10-6-8(7-14-10)18-12-9-4-2-3-5-11(9)19-15-12/h2-5,8,10,14H,6-7H2,1H3/t8-,10?/m1/s1. The molecule has 3 rings (SSSR count). The highest BCUT2D eigenvalue weighted by Gasteiger charge is 2.32. The van der Waals surface area contributed by atoms with Gasteiger partial charge in [-0.25, -0.2) is 0 Å². The zero-order chi connectivity index (χ0) is 13.2. The lowest BCUT2D eigenvalue weighted by atomic mass is 10.2. The van der Waals surface area contributed by atoms with E-state index < -0.39 is 0 Å². The highest BCUT2D eigenvalue weighted by molar-refractivity contribution is 5.81. The van der Waals surface area contributed by atoms with Crippen LogP contribution in [-0.2, 0) is 9.53 Å². The highest BCUT2D eigenvalue weighted by atomic mass is 16.5. The molecule has 2 heterocycles. The van der Waals surface area contributed by atoms with Crippen molar-refractivity contribution in [3.8, 4) is 5.88 Å². The van der Waals surface area contributed by atoms with Gasteiger partial charge in [-0.15, -0.1) is 0 Å². The number of para-hydroxylation sites is 1. The minimum absolute atomic E-state index is 0.113. The van der Waals surface area contributed by atoms with E-state index in [9.17, 15) is 4.79 Å². The first-order valence-electron chi connectivity index (χ1n) is 6.10. The molecule has 1 saturated heterocycles. The average molecular weight is 262 g/mol. The van der Waals surface area contributed by atoms with Gasteiger partial charge in [0.25, 0.3) is 5.88 Å². The minimum atomic E-state index is -0.312. The molecule has 1 unspecified atom stereocenters. The van der Waals surface area contributed by atoms with E-state index in [0.29, 0.717) is 24.4 Å². The predicted octanol–water partition coefficient (Wildman–Crippen LogP) is 1.11. The van der Waals surface area contributed by atoms with E-state index >= 15 is 0 Å². The van der Waals surface area contributed by atoms with Crippen LogP contribution in [0.1, 0.15) is 6.42 Å². The van der Waals surface area contributed by atoms with E-state index in [-0.39, 0.29) is 18.1 Å². The summed E-state index contributed by atoms with van der Waals surface area (Å²) in [6.45, 7) is 0.584. The third-order valence-electron chi connectivity index (χ3n) is 3.20. The minimum Gasteiger partial charge on any atom is -0.470 e. The van der Waals surface area contributed by atoms with E-state index in [1.165, 1.54) is 7.11 Å². The number of fused-ring (bicyclic) bond motifs is 1. The number of carbonyl (C=O) groups is 1. The number of ether oxygens (including phenoxy) is 2. The van der Waals surface area contributed by atoms with Crippen molar-refractivity contribution in [3.63, 3.8) is 0 Å². The number of nitrogens with zero attached hydrogens (tertiary/aromatic N) is 1. The largest absolute Gasteiger partial charge is 0.470 e. The van der Waals surface area contributed by atoms with Crippen LogP contribution in [-0.4, -0.2) is 36.9 Å². The molecule has 1 aliphatic heterocycles. The number of esters is 1. The Morgan fingerprint density at radius 1 is 1.47 bits per heavy atom. The molecule has 0 amide bonds. The fourth-order valence-electron chi connectivity index (χ4n) is 2.22. The van der Waals surface area contributed by atoms with Crippen molar-refractivity contribution in [1.82, 2.24) is 10.5 Å². The molecule has 0 spiro atoms. The lowest BCUT2D eigenvalue weighted by Crippen LogP contribution is -2.31. The predicted molar refractivity (Wildman–Crippen MR) is 66.8 cm³/mol. The highest BCUT2D eigenvalue weighted by Crippen LogP contribution is 2.26. The number of benzene rings is 1.